The number of piperidine rings is 1. The minimum absolute atomic E-state index is 0.0359. The molecular weight excluding hydrogens is 338 g/mol. The molecule has 0 spiro atoms. The number of carbonyl (C=O) groups is 1. The number of rotatable bonds is 2. The molecule has 27 heavy (non-hydrogen) atoms. The summed E-state index contributed by atoms with van der Waals surface area (Å²) in [5, 5.41) is 3.30. The highest BCUT2D eigenvalue weighted by Crippen LogP contribution is 2.26. The van der Waals surface area contributed by atoms with Gasteiger partial charge in [0.25, 0.3) is 5.56 Å². The Balaban J connectivity index is 1.49. The number of hydrogen-bond donors (Lipinski definition) is 1. The van der Waals surface area contributed by atoms with E-state index in [1.807, 2.05) is 31.2 Å². The second kappa shape index (κ2) is 7.37. The van der Waals surface area contributed by atoms with Crippen LogP contribution in [0.3, 0.4) is 0 Å². The molecule has 2 heterocycles. The maximum absolute atomic E-state index is 12.9. The van der Waals surface area contributed by atoms with Gasteiger partial charge in [0.2, 0.25) is 5.91 Å². The maximum atomic E-state index is 12.9. The van der Waals surface area contributed by atoms with E-state index in [0.29, 0.717) is 12.3 Å². The van der Waals surface area contributed by atoms with Gasteiger partial charge < -0.3 is 4.90 Å². The summed E-state index contributed by atoms with van der Waals surface area (Å²) >= 11 is 0. The zero-order valence-electron chi connectivity index (χ0n) is 16.3. The third-order valence-corrected chi connectivity index (χ3v) is 6.29. The Morgan fingerprint density at radius 3 is 2.41 bits per heavy atom. The van der Waals surface area contributed by atoms with Crippen LogP contribution in [-0.4, -0.2) is 33.7 Å². The number of hydrogen-bond acceptors (Lipinski definition) is 2. The number of aromatic nitrogens is 2. The van der Waals surface area contributed by atoms with E-state index < -0.39 is 0 Å². The van der Waals surface area contributed by atoms with E-state index in [1.165, 1.54) is 5.56 Å². The second-order valence-electron chi connectivity index (χ2n) is 8.33. The van der Waals surface area contributed by atoms with Crippen LogP contribution in [0.4, 0.5) is 0 Å². The topological polar surface area (TPSA) is 58.1 Å². The van der Waals surface area contributed by atoms with Crippen molar-refractivity contribution in [2.45, 2.75) is 52.4 Å². The molecule has 5 nitrogen and oxygen atoms in total. The van der Waals surface area contributed by atoms with Crippen molar-refractivity contribution in [2.75, 3.05) is 13.1 Å². The van der Waals surface area contributed by atoms with Gasteiger partial charge in [-0.2, -0.15) is 0 Å². The average molecular weight is 367 g/mol. The van der Waals surface area contributed by atoms with Crippen LogP contribution in [0, 0.1) is 18.8 Å². The molecule has 1 N–H and O–H groups in total. The smallest absolute Gasteiger partial charge is 0.274 e. The minimum Gasteiger partial charge on any atom is -0.342 e. The molecule has 5 heteroatoms. The molecule has 144 valence electrons. The number of aryl methyl sites for hydroxylation is 2. The molecule has 1 unspecified atom stereocenters. The van der Waals surface area contributed by atoms with Crippen molar-refractivity contribution < 1.29 is 4.79 Å². The summed E-state index contributed by atoms with van der Waals surface area (Å²) in [6.45, 7) is 6.08. The Bertz CT molecular complexity index is 870. The standard InChI is InChI=1S/C22H29N3O2/c1-15-3-7-18(8-4-15)25-22(27)19-9-5-17(6-10-20(19)23-25)21(26)24-13-11-16(2)12-14-24/h3-4,7-8,16-17,23H,5-6,9-14H2,1-2H3. The molecule has 0 saturated carbocycles. The fourth-order valence-corrected chi connectivity index (χ4v) is 4.37. The summed E-state index contributed by atoms with van der Waals surface area (Å²) in [6, 6.07) is 7.97. The summed E-state index contributed by atoms with van der Waals surface area (Å²) in [5.74, 6) is 1.07. The first-order valence-corrected chi connectivity index (χ1v) is 10.2. The van der Waals surface area contributed by atoms with E-state index in [-0.39, 0.29) is 11.5 Å². The minimum atomic E-state index is 0.0359. The van der Waals surface area contributed by atoms with Crippen molar-refractivity contribution in [3.63, 3.8) is 0 Å². The SMILES string of the molecule is Cc1ccc(-n2[nH]c3c(c2=O)CCC(C(=O)N2CCC(C)CC2)CC3)cc1. The van der Waals surface area contributed by atoms with Crippen LogP contribution in [0.25, 0.3) is 5.69 Å². The quantitative estimate of drug-likeness (QED) is 0.829. The number of amides is 1. The molecule has 1 aliphatic heterocycles. The van der Waals surface area contributed by atoms with Crippen molar-refractivity contribution in [2.24, 2.45) is 11.8 Å². The zero-order valence-corrected chi connectivity index (χ0v) is 16.3. The third-order valence-electron chi connectivity index (χ3n) is 6.29. The first kappa shape index (κ1) is 18.1. The maximum Gasteiger partial charge on any atom is 0.274 e. The highest BCUT2D eigenvalue weighted by atomic mass is 16.2. The Morgan fingerprint density at radius 2 is 1.70 bits per heavy atom. The molecule has 1 amide bonds. The average Bonchev–Trinajstić information content (AvgIpc) is 2.85. The highest BCUT2D eigenvalue weighted by Gasteiger charge is 2.30. The molecule has 0 bridgehead atoms. The summed E-state index contributed by atoms with van der Waals surface area (Å²) in [4.78, 5) is 27.9. The molecule has 1 fully saturated rings. The highest BCUT2D eigenvalue weighted by molar-refractivity contribution is 5.79. The lowest BCUT2D eigenvalue weighted by Gasteiger charge is -2.32. The number of benzene rings is 1. The summed E-state index contributed by atoms with van der Waals surface area (Å²) in [7, 11) is 0. The van der Waals surface area contributed by atoms with Crippen molar-refractivity contribution in [1.82, 2.24) is 14.7 Å². The molecule has 1 atom stereocenters. The van der Waals surface area contributed by atoms with Gasteiger partial charge in [0.05, 0.1) is 5.69 Å². The lowest BCUT2D eigenvalue weighted by Crippen LogP contribution is -2.41. The monoisotopic (exact) mass is 367 g/mol. The fourth-order valence-electron chi connectivity index (χ4n) is 4.37. The molecule has 1 aromatic heterocycles. The zero-order chi connectivity index (χ0) is 19.0. The summed E-state index contributed by atoms with van der Waals surface area (Å²) < 4.78 is 1.65. The van der Waals surface area contributed by atoms with Gasteiger partial charge in [-0.05, 0) is 63.5 Å². The van der Waals surface area contributed by atoms with Crippen LogP contribution in [0.15, 0.2) is 29.1 Å². The van der Waals surface area contributed by atoms with E-state index in [1.54, 1.807) is 4.68 Å². The number of fused-ring (bicyclic) bond motifs is 1. The fraction of sp³-hybridized carbons (Fsp3) is 0.545. The van der Waals surface area contributed by atoms with E-state index in [4.69, 9.17) is 0 Å². The van der Waals surface area contributed by atoms with Crippen molar-refractivity contribution in [3.8, 4) is 5.69 Å². The predicted molar refractivity (Wildman–Crippen MR) is 106 cm³/mol. The van der Waals surface area contributed by atoms with E-state index in [0.717, 1.165) is 68.1 Å². The lowest BCUT2D eigenvalue weighted by atomic mass is 9.94. The number of carbonyl (C=O) groups excluding carboxylic acids is 1. The van der Waals surface area contributed by atoms with Crippen LogP contribution < -0.4 is 5.56 Å². The van der Waals surface area contributed by atoms with Crippen LogP contribution in [0.1, 0.15) is 49.4 Å². The van der Waals surface area contributed by atoms with Crippen molar-refractivity contribution >= 4 is 5.91 Å². The number of nitrogens with one attached hydrogen (secondary N) is 1. The van der Waals surface area contributed by atoms with Gasteiger partial charge >= 0.3 is 0 Å². The number of nitrogens with zero attached hydrogens (tertiary/aromatic N) is 2. The van der Waals surface area contributed by atoms with Gasteiger partial charge in [0.15, 0.2) is 0 Å². The van der Waals surface area contributed by atoms with Crippen molar-refractivity contribution in [3.05, 3.63) is 51.4 Å². The summed E-state index contributed by atoms with van der Waals surface area (Å²) in [6.07, 6.45) is 5.27. The third kappa shape index (κ3) is 3.60. The van der Waals surface area contributed by atoms with Gasteiger partial charge in [0.1, 0.15) is 0 Å². The van der Waals surface area contributed by atoms with Gasteiger partial charge in [-0.25, -0.2) is 4.68 Å². The van der Waals surface area contributed by atoms with E-state index in [2.05, 4.69) is 16.9 Å². The van der Waals surface area contributed by atoms with Gasteiger partial charge in [-0.3, -0.25) is 14.7 Å². The molecule has 0 radical (unpaired) electrons. The Kier molecular flexibility index (Phi) is 4.94. The largest absolute Gasteiger partial charge is 0.342 e. The van der Waals surface area contributed by atoms with Gasteiger partial charge in [-0.1, -0.05) is 24.6 Å². The first-order valence-electron chi connectivity index (χ1n) is 10.2. The normalized spacial score (nSPS) is 21.0. The number of aromatic amines is 1. The molecule has 2 aliphatic rings. The molecular formula is C22H29N3O2. The molecule has 2 aromatic rings. The van der Waals surface area contributed by atoms with Gasteiger partial charge in [-0.15, -0.1) is 0 Å². The van der Waals surface area contributed by atoms with E-state index in [9.17, 15) is 9.59 Å². The molecule has 1 aliphatic carbocycles. The van der Waals surface area contributed by atoms with Gasteiger partial charge in [0, 0.05) is 30.3 Å². The molecule has 1 aromatic carbocycles. The lowest BCUT2D eigenvalue weighted by molar-refractivity contribution is -0.137. The second-order valence-corrected chi connectivity index (χ2v) is 8.33. The first-order chi connectivity index (χ1) is 13.0. The Hall–Kier alpha value is -2.30. The molecule has 1 saturated heterocycles. The summed E-state index contributed by atoms with van der Waals surface area (Å²) in [5.41, 5.74) is 3.94. The van der Waals surface area contributed by atoms with Crippen LogP contribution in [0.5, 0.6) is 0 Å². The van der Waals surface area contributed by atoms with Crippen LogP contribution >= 0.6 is 0 Å². The Labute approximate surface area is 160 Å². The molecule has 4 rings (SSSR count). The van der Waals surface area contributed by atoms with Crippen LogP contribution in [0.2, 0.25) is 0 Å². The van der Waals surface area contributed by atoms with Crippen molar-refractivity contribution in [1.29, 1.82) is 0 Å². The number of likely N-dealkylation sites (tertiary alicyclic amines) is 1. The number of H-pyrrole nitrogens is 1. The van der Waals surface area contributed by atoms with E-state index >= 15 is 0 Å². The van der Waals surface area contributed by atoms with Crippen LogP contribution in [-0.2, 0) is 17.6 Å². The Morgan fingerprint density at radius 1 is 1.04 bits per heavy atom. The predicted octanol–water partition coefficient (Wildman–Crippen LogP) is 3.23.